The van der Waals surface area contributed by atoms with Crippen molar-refractivity contribution in [1.29, 1.82) is 0 Å². The van der Waals surface area contributed by atoms with Crippen molar-refractivity contribution < 1.29 is 4.79 Å². The molecule has 0 radical (unpaired) electrons. The summed E-state index contributed by atoms with van der Waals surface area (Å²) >= 11 is 1.69. The molecular weight excluding hydrogens is 220 g/mol. The highest BCUT2D eigenvalue weighted by Crippen LogP contribution is 2.17. The number of hydrogen-bond donors (Lipinski definition) is 1. The van der Waals surface area contributed by atoms with Gasteiger partial charge in [0.2, 0.25) is 5.91 Å². The van der Waals surface area contributed by atoms with Gasteiger partial charge in [0.05, 0.1) is 12.6 Å². The number of thiophene rings is 1. The Labute approximate surface area is 101 Å². The Morgan fingerprint density at radius 1 is 1.62 bits per heavy atom. The van der Waals surface area contributed by atoms with E-state index in [4.69, 9.17) is 5.73 Å². The van der Waals surface area contributed by atoms with Gasteiger partial charge in [0, 0.05) is 11.9 Å². The van der Waals surface area contributed by atoms with Crippen molar-refractivity contribution in [2.45, 2.75) is 39.3 Å². The summed E-state index contributed by atoms with van der Waals surface area (Å²) in [6.45, 7) is 4.77. The van der Waals surface area contributed by atoms with Gasteiger partial charge in [-0.2, -0.15) is 0 Å². The van der Waals surface area contributed by atoms with Gasteiger partial charge in [-0.15, -0.1) is 11.3 Å². The molecule has 1 atom stereocenters. The summed E-state index contributed by atoms with van der Waals surface area (Å²) in [4.78, 5) is 14.8. The Bertz CT molecular complexity index is 349. The van der Waals surface area contributed by atoms with Gasteiger partial charge in [-0.1, -0.05) is 13.3 Å². The van der Waals surface area contributed by atoms with Crippen LogP contribution in [0.5, 0.6) is 0 Å². The van der Waals surface area contributed by atoms with Crippen molar-refractivity contribution in [2.24, 2.45) is 5.73 Å². The lowest BCUT2D eigenvalue weighted by Gasteiger charge is -2.20. The summed E-state index contributed by atoms with van der Waals surface area (Å²) in [6, 6.07) is 1.72. The number of nitrogens with two attached hydrogens (primary N) is 1. The second kappa shape index (κ2) is 6.01. The molecule has 0 bridgehead atoms. The predicted molar refractivity (Wildman–Crippen MR) is 68.4 cm³/mol. The Hall–Kier alpha value is -0.870. The van der Waals surface area contributed by atoms with Crippen molar-refractivity contribution >= 4 is 17.2 Å². The van der Waals surface area contributed by atoms with Crippen LogP contribution in [0.4, 0.5) is 0 Å². The number of aryl methyl sites for hydroxylation is 1. The van der Waals surface area contributed by atoms with Crippen LogP contribution in [0.2, 0.25) is 0 Å². The lowest BCUT2D eigenvalue weighted by atomic mass is 10.1. The number of carbonyl (C=O) groups excluding carboxylic acids is 1. The van der Waals surface area contributed by atoms with E-state index in [1.165, 1.54) is 10.4 Å². The maximum Gasteiger partial charge on any atom is 0.239 e. The van der Waals surface area contributed by atoms with Gasteiger partial charge in [0.1, 0.15) is 0 Å². The van der Waals surface area contributed by atoms with Gasteiger partial charge in [0.25, 0.3) is 0 Å². The molecule has 1 amide bonds. The predicted octanol–water partition coefficient (Wildman–Crippen LogP) is 2.14. The SMILES string of the molecule is CCCC(N)C(=O)N(C)Cc1sccc1C. The third-order valence-corrected chi connectivity index (χ3v) is 3.65. The number of hydrogen-bond acceptors (Lipinski definition) is 3. The minimum absolute atomic E-state index is 0.0367. The zero-order valence-corrected chi connectivity index (χ0v) is 11.0. The first-order valence-corrected chi connectivity index (χ1v) is 6.47. The monoisotopic (exact) mass is 240 g/mol. The minimum atomic E-state index is -0.352. The van der Waals surface area contributed by atoms with Gasteiger partial charge in [-0.25, -0.2) is 0 Å². The second-order valence-electron chi connectivity index (χ2n) is 4.12. The Morgan fingerprint density at radius 2 is 2.31 bits per heavy atom. The van der Waals surface area contributed by atoms with Crippen molar-refractivity contribution in [3.63, 3.8) is 0 Å². The van der Waals surface area contributed by atoms with E-state index in [0.717, 1.165) is 12.8 Å². The van der Waals surface area contributed by atoms with E-state index in [1.54, 1.807) is 16.2 Å². The van der Waals surface area contributed by atoms with Crippen LogP contribution < -0.4 is 5.73 Å². The minimum Gasteiger partial charge on any atom is -0.339 e. The number of carbonyl (C=O) groups is 1. The van der Waals surface area contributed by atoms with Crippen molar-refractivity contribution in [3.8, 4) is 0 Å². The fourth-order valence-corrected chi connectivity index (χ4v) is 2.54. The molecule has 0 aliphatic carbocycles. The van der Waals surface area contributed by atoms with E-state index < -0.39 is 0 Å². The van der Waals surface area contributed by atoms with Gasteiger partial charge in [-0.05, 0) is 30.4 Å². The molecule has 1 heterocycles. The molecule has 4 heteroatoms. The molecule has 1 aromatic heterocycles. The molecule has 2 N–H and O–H groups in total. The quantitative estimate of drug-likeness (QED) is 0.857. The lowest BCUT2D eigenvalue weighted by Crippen LogP contribution is -2.41. The summed E-state index contributed by atoms with van der Waals surface area (Å²) in [5, 5.41) is 2.05. The molecule has 0 aliphatic heterocycles. The highest BCUT2D eigenvalue weighted by atomic mass is 32.1. The first kappa shape index (κ1) is 13.2. The zero-order chi connectivity index (χ0) is 12.1. The van der Waals surface area contributed by atoms with Gasteiger partial charge >= 0.3 is 0 Å². The second-order valence-corrected chi connectivity index (χ2v) is 5.12. The summed E-state index contributed by atoms with van der Waals surface area (Å²) in [6.07, 6.45) is 1.70. The topological polar surface area (TPSA) is 46.3 Å². The van der Waals surface area contributed by atoms with Crippen molar-refractivity contribution in [1.82, 2.24) is 4.90 Å². The fraction of sp³-hybridized carbons (Fsp3) is 0.583. The van der Waals surface area contributed by atoms with E-state index in [0.29, 0.717) is 6.54 Å². The summed E-state index contributed by atoms with van der Waals surface area (Å²) < 4.78 is 0. The molecule has 0 fully saturated rings. The number of rotatable bonds is 5. The number of likely N-dealkylation sites (N-methyl/N-ethyl adjacent to an activating group) is 1. The van der Waals surface area contributed by atoms with E-state index >= 15 is 0 Å². The van der Waals surface area contributed by atoms with Crippen LogP contribution in [0.15, 0.2) is 11.4 Å². The molecular formula is C12H20N2OS. The smallest absolute Gasteiger partial charge is 0.239 e. The summed E-state index contributed by atoms with van der Waals surface area (Å²) in [7, 11) is 1.82. The maximum atomic E-state index is 11.9. The molecule has 0 aliphatic rings. The Balaban J connectivity index is 2.55. The van der Waals surface area contributed by atoms with Gasteiger partial charge in [-0.3, -0.25) is 4.79 Å². The largest absolute Gasteiger partial charge is 0.339 e. The average molecular weight is 240 g/mol. The maximum absolute atomic E-state index is 11.9. The first-order chi connectivity index (χ1) is 7.56. The van der Waals surface area contributed by atoms with E-state index in [1.807, 2.05) is 14.0 Å². The zero-order valence-electron chi connectivity index (χ0n) is 10.2. The van der Waals surface area contributed by atoms with Crippen LogP contribution >= 0.6 is 11.3 Å². The van der Waals surface area contributed by atoms with Crippen LogP contribution in [0.1, 0.15) is 30.2 Å². The van der Waals surface area contributed by atoms with Crippen LogP contribution in [-0.2, 0) is 11.3 Å². The van der Waals surface area contributed by atoms with Crippen LogP contribution in [-0.4, -0.2) is 23.9 Å². The summed E-state index contributed by atoms with van der Waals surface area (Å²) in [5.74, 6) is 0.0367. The molecule has 0 saturated carbocycles. The third kappa shape index (κ3) is 3.32. The van der Waals surface area contributed by atoms with E-state index in [9.17, 15) is 4.79 Å². The Morgan fingerprint density at radius 3 is 2.81 bits per heavy atom. The molecule has 0 saturated heterocycles. The highest BCUT2D eigenvalue weighted by Gasteiger charge is 2.17. The van der Waals surface area contributed by atoms with Gasteiger partial charge in [0.15, 0.2) is 0 Å². The average Bonchev–Trinajstić information content (AvgIpc) is 2.63. The molecule has 16 heavy (non-hydrogen) atoms. The number of amides is 1. The van der Waals surface area contributed by atoms with Gasteiger partial charge < -0.3 is 10.6 Å². The van der Waals surface area contributed by atoms with E-state index in [-0.39, 0.29) is 11.9 Å². The van der Waals surface area contributed by atoms with E-state index in [2.05, 4.69) is 18.4 Å². The standard InChI is InChI=1S/C12H20N2OS/c1-4-5-10(13)12(15)14(3)8-11-9(2)6-7-16-11/h6-7,10H,4-5,8,13H2,1-3H3. The third-order valence-electron chi connectivity index (χ3n) is 2.64. The lowest BCUT2D eigenvalue weighted by molar-refractivity contribution is -0.131. The molecule has 1 unspecified atom stereocenters. The first-order valence-electron chi connectivity index (χ1n) is 5.59. The Kier molecular flexibility index (Phi) is 4.96. The van der Waals surface area contributed by atoms with Crippen LogP contribution in [0.3, 0.4) is 0 Å². The molecule has 0 spiro atoms. The molecule has 1 rings (SSSR count). The van der Waals surface area contributed by atoms with Crippen molar-refractivity contribution in [2.75, 3.05) is 7.05 Å². The molecule has 90 valence electrons. The van der Waals surface area contributed by atoms with Crippen molar-refractivity contribution in [3.05, 3.63) is 21.9 Å². The molecule has 3 nitrogen and oxygen atoms in total. The summed E-state index contributed by atoms with van der Waals surface area (Å²) in [5.41, 5.74) is 7.05. The number of nitrogens with zero attached hydrogens (tertiary/aromatic N) is 1. The fourth-order valence-electron chi connectivity index (χ4n) is 1.58. The van der Waals surface area contributed by atoms with Crippen LogP contribution in [0.25, 0.3) is 0 Å². The van der Waals surface area contributed by atoms with Crippen LogP contribution in [0, 0.1) is 6.92 Å². The molecule has 0 aromatic carbocycles. The molecule has 1 aromatic rings. The highest BCUT2D eigenvalue weighted by molar-refractivity contribution is 7.10. The normalized spacial score (nSPS) is 12.5.